The third kappa shape index (κ3) is 7.53. The average Bonchev–Trinajstić information content (AvgIpc) is 3.33. The molecule has 192 valence electrons. The zero-order chi connectivity index (χ0) is 26.3. The minimum Gasteiger partial charge on any atom is -0.481 e. The first-order valence-electron chi connectivity index (χ1n) is 11.0. The molecule has 0 unspecified atom stereocenters. The predicted octanol–water partition coefficient (Wildman–Crippen LogP) is 4.61. The summed E-state index contributed by atoms with van der Waals surface area (Å²) in [4.78, 5) is 27.5. The number of rotatable bonds is 11. The van der Waals surface area contributed by atoms with Gasteiger partial charge in [0.2, 0.25) is 11.6 Å². The molecule has 0 saturated carbocycles. The molecule has 1 aromatic heterocycles. The molecule has 12 heteroatoms. The van der Waals surface area contributed by atoms with Crippen LogP contribution >= 0.6 is 11.6 Å². The summed E-state index contributed by atoms with van der Waals surface area (Å²) < 4.78 is 43.7. The van der Waals surface area contributed by atoms with Crippen LogP contribution in [0.3, 0.4) is 0 Å². The molecule has 36 heavy (non-hydrogen) atoms. The van der Waals surface area contributed by atoms with Crippen LogP contribution in [-0.2, 0) is 22.1 Å². The van der Waals surface area contributed by atoms with Gasteiger partial charge in [-0.3, -0.25) is 14.7 Å². The van der Waals surface area contributed by atoms with E-state index in [2.05, 4.69) is 15.4 Å². The quantitative estimate of drug-likeness (QED) is 0.337. The normalized spacial score (nSPS) is 13.2. The van der Waals surface area contributed by atoms with Crippen molar-refractivity contribution in [2.24, 2.45) is 5.92 Å². The molecule has 0 saturated heterocycles. The number of hydrogen-bond donors (Lipinski definition) is 3. The van der Waals surface area contributed by atoms with Crippen molar-refractivity contribution in [2.45, 2.75) is 32.0 Å². The van der Waals surface area contributed by atoms with Crippen LogP contribution in [-0.4, -0.2) is 51.4 Å². The zero-order valence-electron chi connectivity index (χ0n) is 19.2. The molecule has 0 aliphatic rings. The molecule has 0 spiro atoms. The molecule has 8 nitrogen and oxygen atoms in total. The maximum absolute atomic E-state index is 12.8. The van der Waals surface area contributed by atoms with Gasteiger partial charge in [0.25, 0.3) is 5.91 Å². The molecule has 1 heterocycles. The fourth-order valence-electron chi connectivity index (χ4n) is 3.56. The van der Waals surface area contributed by atoms with Crippen molar-refractivity contribution in [1.29, 1.82) is 0 Å². The number of carboxylic acid groups (broad SMARTS) is 1. The number of ether oxygens (including phenoxy) is 1. The number of alkyl halides is 3. The summed E-state index contributed by atoms with van der Waals surface area (Å²) in [7, 11) is 0. The Morgan fingerprint density at radius 1 is 1.17 bits per heavy atom. The maximum atomic E-state index is 12.8. The van der Waals surface area contributed by atoms with E-state index >= 15 is 0 Å². The number of aliphatic carboxylic acids is 1. The number of benzene rings is 2. The molecule has 2 atom stereocenters. The van der Waals surface area contributed by atoms with Crippen molar-refractivity contribution >= 4 is 23.5 Å². The SMILES string of the molecule is CCOC[C@H](C[C@@H](Cc1ccc(-c2cccc(Cl)c2)cc1)NC(=O)c1n[nH]c(C(F)(F)F)n1)C(=O)O. The molecular formula is C24H24ClF3N4O4. The molecular weight excluding hydrogens is 501 g/mol. The number of aromatic nitrogens is 3. The first kappa shape index (κ1) is 27.2. The molecule has 0 bridgehead atoms. The molecule has 0 radical (unpaired) electrons. The second-order valence-corrected chi connectivity index (χ2v) is 8.45. The van der Waals surface area contributed by atoms with E-state index in [9.17, 15) is 27.9 Å². The predicted molar refractivity (Wildman–Crippen MR) is 125 cm³/mol. The summed E-state index contributed by atoms with van der Waals surface area (Å²) in [6.45, 7) is 1.95. The van der Waals surface area contributed by atoms with Gasteiger partial charge in [-0.15, -0.1) is 5.10 Å². The maximum Gasteiger partial charge on any atom is 0.451 e. The Hall–Kier alpha value is -3.44. The van der Waals surface area contributed by atoms with Crippen molar-refractivity contribution in [3.63, 3.8) is 0 Å². The van der Waals surface area contributed by atoms with Gasteiger partial charge in [-0.05, 0) is 48.6 Å². The second-order valence-electron chi connectivity index (χ2n) is 8.02. The highest BCUT2D eigenvalue weighted by atomic mass is 35.5. The van der Waals surface area contributed by atoms with E-state index in [-0.39, 0.29) is 19.4 Å². The second kappa shape index (κ2) is 12.0. The van der Waals surface area contributed by atoms with Crippen LogP contribution in [0.25, 0.3) is 11.1 Å². The highest BCUT2D eigenvalue weighted by Crippen LogP contribution is 2.26. The van der Waals surface area contributed by atoms with Gasteiger partial charge in [-0.2, -0.15) is 18.2 Å². The molecule has 2 aromatic carbocycles. The number of nitrogens with zero attached hydrogens (tertiary/aromatic N) is 2. The van der Waals surface area contributed by atoms with Gasteiger partial charge in [0, 0.05) is 17.7 Å². The van der Waals surface area contributed by atoms with Gasteiger partial charge in [0.05, 0.1) is 12.5 Å². The third-order valence-electron chi connectivity index (χ3n) is 5.33. The van der Waals surface area contributed by atoms with Crippen molar-refractivity contribution in [2.75, 3.05) is 13.2 Å². The Bertz CT molecular complexity index is 1180. The van der Waals surface area contributed by atoms with Gasteiger partial charge in [-0.25, -0.2) is 0 Å². The topological polar surface area (TPSA) is 117 Å². The molecule has 3 N–H and O–H groups in total. The summed E-state index contributed by atoms with van der Waals surface area (Å²) in [6, 6.07) is 13.9. The van der Waals surface area contributed by atoms with E-state index < -0.39 is 41.7 Å². The Balaban J connectivity index is 1.79. The lowest BCUT2D eigenvalue weighted by molar-refractivity contribution is -0.145. The zero-order valence-corrected chi connectivity index (χ0v) is 19.9. The highest BCUT2D eigenvalue weighted by molar-refractivity contribution is 6.30. The lowest BCUT2D eigenvalue weighted by atomic mass is 9.94. The third-order valence-corrected chi connectivity index (χ3v) is 5.56. The van der Waals surface area contributed by atoms with E-state index in [1.807, 2.05) is 42.5 Å². The summed E-state index contributed by atoms with van der Waals surface area (Å²) in [5, 5.41) is 17.8. The highest BCUT2D eigenvalue weighted by Gasteiger charge is 2.36. The Morgan fingerprint density at radius 3 is 2.47 bits per heavy atom. The van der Waals surface area contributed by atoms with Crippen molar-refractivity contribution in [1.82, 2.24) is 20.5 Å². The number of nitrogens with one attached hydrogen (secondary N) is 2. The molecule has 1 amide bonds. The smallest absolute Gasteiger partial charge is 0.451 e. The van der Waals surface area contributed by atoms with Gasteiger partial charge in [0.15, 0.2) is 0 Å². The van der Waals surface area contributed by atoms with E-state index in [0.717, 1.165) is 16.7 Å². The average molecular weight is 525 g/mol. The van der Waals surface area contributed by atoms with Crippen molar-refractivity contribution in [3.05, 3.63) is 70.8 Å². The van der Waals surface area contributed by atoms with Gasteiger partial charge in [-0.1, -0.05) is 48.0 Å². The molecule has 0 fully saturated rings. The van der Waals surface area contributed by atoms with Crippen LogP contribution in [0, 0.1) is 5.92 Å². The summed E-state index contributed by atoms with van der Waals surface area (Å²) in [5.41, 5.74) is 2.59. The van der Waals surface area contributed by atoms with Gasteiger partial charge in [0.1, 0.15) is 0 Å². The molecule has 3 rings (SSSR count). The number of carboxylic acids is 1. The fraction of sp³-hybridized carbons (Fsp3) is 0.333. The molecule has 0 aliphatic carbocycles. The fourth-order valence-corrected chi connectivity index (χ4v) is 3.75. The van der Waals surface area contributed by atoms with Crippen LogP contribution in [0.1, 0.15) is 35.4 Å². The lowest BCUT2D eigenvalue weighted by Crippen LogP contribution is -2.40. The summed E-state index contributed by atoms with van der Waals surface area (Å²) >= 11 is 6.06. The number of carbonyl (C=O) groups excluding carboxylic acids is 1. The summed E-state index contributed by atoms with van der Waals surface area (Å²) in [5.74, 6) is -5.11. The number of carbonyl (C=O) groups is 2. The number of aromatic amines is 1. The van der Waals surface area contributed by atoms with E-state index in [1.54, 1.807) is 18.1 Å². The van der Waals surface area contributed by atoms with E-state index in [0.29, 0.717) is 11.6 Å². The van der Waals surface area contributed by atoms with E-state index in [4.69, 9.17) is 16.3 Å². The molecule has 3 aromatic rings. The Morgan fingerprint density at radius 2 is 1.89 bits per heavy atom. The minimum atomic E-state index is -4.79. The number of halogens is 4. The van der Waals surface area contributed by atoms with Crippen molar-refractivity contribution in [3.8, 4) is 11.1 Å². The number of amides is 1. The first-order valence-corrected chi connectivity index (χ1v) is 11.4. The van der Waals surface area contributed by atoms with E-state index in [1.165, 1.54) is 0 Å². The van der Waals surface area contributed by atoms with Crippen LogP contribution in [0.4, 0.5) is 13.2 Å². The van der Waals surface area contributed by atoms with Gasteiger partial charge >= 0.3 is 12.1 Å². The first-order chi connectivity index (χ1) is 17.1. The van der Waals surface area contributed by atoms with Gasteiger partial charge < -0.3 is 15.2 Å². The summed E-state index contributed by atoms with van der Waals surface area (Å²) in [6.07, 6.45) is -4.59. The number of H-pyrrole nitrogens is 1. The van der Waals surface area contributed by atoms with Crippen LogP contribution in [0.15, 0.2) is 48.5 Å². The standard InChI is InChI=1S/C24H24ClF3N4O4/c1-2-36-13-17(22(34)35)12-19(29-21(33)20-30-23(32-31-20)24(26,27)28)10-14-6-8-15(9-7-14)16-4-3-5-18(25)11-16/h3-9,11,17,19H,2,10,12-13H2,1H3,(H,29,33)(H,34,35)(H,30,31,32)/t17-,19+/m0/s1. The van der Waals surface area contributed by atoms with Crippen molar-refractivity contribution < 1.29 is 32.6 Å². The largest absolute Gasteiger partial charge is 0.481 e. The van der Waals surface area contributed by atoms with Crippen LogP contribution in [0.5, 0.6) is 0 Å². The number of hydrogen-bond acceptors (Lipinski definition) is 5. The van der Waals surface area contributed by atoms with Crippen LogP contribution in [0.2, 0.25) is 5.02 Å². The molecule has 0 aliphatic heterocycles. The van der Waals surface area contributed by atoms with Crippen LogP contribution < -0.4 is 5.32 Å². The minimum absolute atomic E-state index is 0.0202. The monoisotopic (exact) mass is 524 g/mol. The lowest BCUT2D eigenvalue weighted by Gasteiger charge is -2.22. The Kier molecular flexibility index (Phi) is 9.05. The Labute approximate surface area is 209 Å².